The van der Waals surface area contributed by atoms with Gasteiger partial charge in [-0.3, -0.25) is 4.79 Å². The number of amides is 1. The van der Waals surface area contributed by atoms with Gasteiger partial charge in [-0.2, -0.15) is 5.10 Å². The molecule has 6 nitrogen and oxygen atoms in total. The minimum Gasteiger partial charge on any atom is -0.508 e. The number of aromatic hydroxyl groups is 1. The molecule has 120 valence electrons. The molecule has 0 fully saturated rings. The number of carbonyl (C=O) groups is 1. The number of hydrogen-bond acceptors (Lipinski definition) is 5. The van der Waals surface area contributed by atoms with Crippen molar-refractivity contribution in [2.75, 3.05) is 14.2 Å². The monoisotopic (exact) mass is 314 g/mol. The first-order chi connectivity index (χ1) is 11.0. The lowest BCUT2D eigenvalue weighted by Crippen LogP contribution is -2.19. The minimum atomic E-state index is -0.375. The number of ether oxygens (including phenoxy) is 2. The molecule has 0 aliphatic carbocycles. The predicted molar refractivity (Wildman–Crippen MR) is 87.3 cm³/mol. The van der Waals surface area contributed by atoms with Crippen LogP contribution in [0.3, 0.4) is 0 Å². The molecule has 0 bridgehead atoms. The molecule has 0 radical (unpaired) electrons. The highest BCUT2D eigenvalue weighted by Crippen LogP contribution is 2.22. The fraction of sp³-hybridized carbons (Fsp3) is 0.176. The van der Waals surface area contributed by atoms with E-state index in [1.807, 2.05) is 0 Å². The van der Waals surface area contributed by atoms with Gasteiger partial charge in [0.25, 0.3) is 5.91 Å². The molecule has 2 rings (SSSR count). The van der Waals surface area contributed by atoms with E-state index in [9.17, 15) is 9.90 Å². The SMILES string of the molecule is COc1cc(OC)cc(C(=O)N/N=C(/C)c2ccc(O)cc2)c1. The molecule has 1 amide bonds. The van der Waals surface area contributed by atoms with Crippen LogP contribution in [0.2, 0.25) is 0 Å². The Morgan fingerprint density at radius 2 is 1.57 bits per heavy atom. The standard InChI is InChI=1S/C17H18N2O4/c1-11(12-4-6-14(20)7-5-12)18-19-17(21)13-8-15(22-2)10-16(9-13)23-3/h4-10,20H,1-3H3,(H,19,21)/b18-11-. The quantitative estimate of drug-likeness (QED) is 0.656. The molecule has 6 heteroatoms. The van der Waals surface area contributed by atoms with Crippen molar-refractivity contribution >= 4 is 11.6 Å². The number of methoxy groups -OCH3 is 2. The molecule has 0 spiro atoms. The van der Waals surface area contributed by atoms with Crippen LogP contribution in [0.1, 0.15) is 22.8 Å². The first-order valence-corrected chi connectivity index (χ1v) is 6.90. The second-order valence-corrected chi connectivity index (χ2v) is 4.79. The Balaban J connectivity index is 2.15. The zero-order chi connectivity index (χ0) is 16.8. The fourth-order valence-electron chi connectivity index (χ4n) is 1.90. The third-order valence-electron chi connectivity index (χ3n) is 3.22. The zero-order valence-corrected chi connectivity index (χ0v) is 13.2. The van der Waals surface area contributed by atoms with Crippen LogP contribution in [0, 0.1) is 0 Å². The molecule has 0 atom stereocenters. The smallest absolute Gasteiger partial charge is 0.271 e. The van der Waals surface area contributed by atoms with Gasteiger partial charge in [0.1, 0.15) is 17.2 Å². The number of carbonyl (C=O) groups excluding carboxylic acids is 1. The number of nitrogens with one attached hydrogen (secondary N) is 1. The Labute approximate surface area is 134 Å². The molecule has 0 aliphatic heterocycles. The van der Waals surface area contributed by atoms with E-state index in [4.69, 9.17) is 9.47 Å². The Morgan fingerprint density at radius 1 is 1.00 bits per heavy atom. The molecule has 2 aromatic rings. The van der Waals surface area contributed by atoms with Crippen LogP contribution in [-0.4, -0.2) is 30.9 Å². The van der Waals surface area contributed by atoms with Crippen LogP contribution in [0.5, 0.6) is 17.2 Å². The summed E-state index contributed by atoms with van der Waals surface area (Å²) in [5.74, 6) is 0.844. The lowest BCUT2D eigenvalue weighted by Gasteiger charge is -2.08. The molecule has 0 aromatic heterocycles. The topological polar surface area (TPSA) is 80.2 Å². The van der Waals surface area contributed by atoms with Crippen molar-refractivity contribution in [2.45, 2.75) is 6.92 Å². The Bertz CT molecular complexity index is 702. The number of hydrogen-bond donors (Lipinski definition) is 2. The van der Waals surface area contributed by atoms with Crippen molar-refractivity contribution in [3.63, 3.8) is 0 Å². The maximum absolute atomic E-state index is 12.2. The number of hydrazone groups is 1. The van der Waals surface area contributed by atoms with Crippen LogP contribution in [0.25, 0.3) is 0 Å². The van der Waals surface area contributed by atoms with Gasteiger partial charge in [0.2, 0.25) is 0 Å². The van der Waals surface area contributed by atoms with Gasteiger partial charge in [0.15, 0.2) is 0 Å². The van der Waals surface area contributed by atoms with Gasteiger partial charge in [0.05, 0.1) is 19.9 Å². The molecule has 0 saturated heterocycles. The van der Waals surface area contributed by atoms with Gasteiger partial charge in [-0.25, -0.2) is 5.43 Å². The summed E-state index contributed by atoms with van der Waals surface area (Å²) in [4.78, 5) is 12.2. The van der Waals surface area contributed by atoms with Gasteiger partial charge in [-0.15, -0.1) is 0 Å². The molecular formula is C17H18N2O4. The van der Waals surface area contributed by atoms with Gasteiger partial charge in [-0.05, 0) is 48.9 Å². The van der Waals surface area contributed by atoms with E-state index in [-0.39, 0.29) is 11.7 Å². The van der Waals surface area contributed by atoms with Crippen molar-refractivity contribution in [1.29, 1.82) is 0 Å². The van der Waals surface area contributed by atoms with E-state index in [2.05, 4.69) is 10.5 Å². The van der Waals surface area contributed by atoms with Crippen LogP contribution in [0.4, 0.5) is 0 Å². The molecular weight excluding hydrogens is 296 g/mol. The van der Waals surface area contributed by atoms with Crippen molar-refractivity contribution < 1.29 is 19.4 Å². The average molecular weight is 314 g/mol. The fourth-order valence-corrected chi connectivity index (χ4v) is 1.90. The van der Waals surface area contributed by atoms with E-state index in [0.717, 1.165) is 5.56 Å². The average Bonchev–Trinajstić information content (AvgIpc) is 2.59. The number of nitrogens with zero attached hydrogens (tertiary/aromatic N) is 1. The van der Waals surface area contributed by atoms with E-state index >= 15 is 0 Å². The van der Waals surface area contributed by atoms with Crippen molar-refractivity contribution in [2.24, 2.45) is 5.10 Å². The summed E-state index contributed by atoms with van der Waals surface area (Å²) < 4.78 is 10.3. The highest BCUT2D eigenvalue weighted by molar-refractivity contribution is 6.01. The first kappa shape index (κ1) is 16.4. The molecule has 23 heavy (non-hydrogen) atoms. The Kier molecular flexibility index (Phi) is 5.19. The lowest BCUT2D eigenvalue weighted by atomic mass is 10.1. The third-order valence-corrected chi connectivity index (χ3v) is 3.22. The van der Waals surface area contributed by atoms with Crippen LogP contribution >= 0.6 is 0 Å². The lowest BCUT2D eigenvalue weighted by molar-refractivity contribution is 0.0954. The van der Waals surface area contributed by atoms with Gasteiger partial charge < -0.3 is 14.6 Å². The van der Waals surface area contributed by atoms with Crippen LogP contribution in [-0.2, 0) is 0 Å². The third kappa shape index (κ3) is 4.23. The minimum absolute atomic E-state index is 0.175. The summed E-state index contributed by atoms with van der Waals surface area (Å²) in [5, 5.41) is 13.3. The van der Waals surface area contributed by atoms with E-state index < -0.39 is 0 Å². The predicted octanol–water partition coefficient (Wildman–Crippen LogP) is 2.56. The summed E-state index contributed by atoms with van der Waals surface area (Å²) in [6.45, 7) is 1.76. The summed E-state index contributed by atoms with van der Waals surface area (Å²) in [7, 11) is 3.03. The summed E-state index contributed by atoms with van der Waals surface area (Å²) >= 11 is 0. The highest BCUT2D eigenvalue weighted by atomic mass is 16.5. The second-order valence-electron chi connectivity index (χ2n) is 4.79. The zero-order valence-electron chi connectivity index (χ0n) is 13.2. The highest BCUT2D eigenvalue weighted by Gasteiger charge is 2.09. The van der Waals surface area contributed by atoms with E-state index in [0.29, 0.717) is 22.8 Å². The van der Waals surface area contributed by atoms with Crippen LogP contribution in [0.15, 0.2) is 47.6 Å². The number of benzene rings is 2. The van der Waals surface area contributed by atoms with E-state index in [1.54, 1.807) is 49.4 Å². The van der Waals surface area contributed by atoms with Gasteiger partial charge in [-0.1, -0.05) is 0 Å². The number of rotatable bonds is 5. The number of phenolic OH excluding ortho intramolecular Hbond substituents is 1. The van der Waals surface area contributed by atoms with Gasteiger partial charge >= 0.3 is 0 Å². The Morgan fingerprint density at radius 3 is 2.09 bits per heavy atom. The van der Waals surface area contributed by atoms with Crippen molar-refractivity contribution in [3.8, 4) is 17.2 Å². The maximum atomic E-state index is 12.2. The largest absolute Gasteiger partial charge is 0.508 e. The molecule has 2 aromatic carbocycles. The molecule has 0 heterocycles. The second kappa shape index (κ2) is 7.31. The summed E-state index contributed by atoms with van der Waals surface area (Å²) in [5.41, 5.74) is 4.28. The molecule has 0 saturated carbocycles. The summed E-state index contributed by atoms with van der Waals surface area (Å²) in [6.07, 6.45) is 0. The van der Waals surface area contributed by atoms with Crippen molar-refractivity contribution in [1.82, 2.24) is 5.43 Å². The van der Waals surface area contributed by atoms with Crippen molar-refractivity contribution in [3.05, 3.63) is 53.6 Å². The van der Waals surface area contributed by atoms with E-state index in [1.165, 1.54) is 14.2 Å². The normalized spacial score (nSPS) is 11.0. The molecule has 0 aliphatic rings. The number of phenols is 1. The molecule has 0 unspecified atom stereocenters. The summed E-state index contributed by atoms with van der Waals surface area (Å²) in [6, 6.07) is 11.4. The Hall–Kier alpha value is -3.02. The first-order valence-electron chi connectivity index (χ1n) is 6.90. The van der Waals surface area contributed by atoms with Gasteiger partial charge in [0, 0.05) is 11.6 Å². The maximum Gasteiger partial charge on any atom is 0.271 e. The molecule has 2 N–H and O–H groups in total. The van der Waals surface area contributed by atoms with Crippen LogP contribution < -0.4 is 14.9 Å².